The summed E-state index contributed by atoms with van der Waals surface area (Å²) in [4.78, 5) is 38.9. The molecular weight excluding hydrogens is 394 g/mol. The summed E-state index contributed by atoms with van der Waals surface area (Å²) in [6.45, 7) is 0.932. The van der Waals surface area contributed by atoms with Crippen LogP contribution in [0.1, 0.15) is 16.2 Å². The molecule has 0 aliphatic carbocycles. The van der Waals surface area contributed by atoms with Gasteiger partial charge in [-0.05, 0) is 25.1 Å². The molecule has 0 aliphatic heterocycles. The van der Waals surface area contributed by atoms with Gasteiger partial charge in [0.15, 0.2) is 12.3 Å². The third-order valence-corrected chi connectivity index (χ3v) is 4.01. The standard InChI is InChI=1S/C20H17N3O7/c1-12-18(22-19(30-12)13-6-4-3-5-7-13)20(25)29-11-17(24)21-15-10-14(23(26)27)8-9-16(15)28-2/h3-10H,11H2,1-2H3,(H,21,24). The predicted octanol–water partition coefficient (Wildman–Crippen LogP) is 3.36. The number of nitro benzene ring substituents is 1. The van der Waals surface area contributed by atoms with Gasteiger partial charge in [-0.3, -0.25) is 14.9 Å². The summed E-state index contributed by atoms with van der Waals surface area (Å²) in [7, 11) is 1.36. The molecule has 0 aliphatic rings. The van der Waals surface area contributed by atoms with E-state index in [9.17, 15) is 19.7 Å². The molecule has 1 N–H and O–H groups in total. The molecular formula is C20H17N3O7. The third-order valence-electron chi connectivity index (χ3n) is 4.01. The highest BCUT2D eigenvalue weighted by atomic mass is 16.6. The molecule has 0 saturated carbocycles. The zero-order chi connectivity index (χ0) is 21.7. The Morgan fingerprint density at radius 1 is 1.20 bits per heavy atom. The minimum Gasteiger partial charge on any atom is -0.495 e. The van der Waals surface area contributed by atoms with Crippen molar-refractivity contribution in [3.05, 3.63) is 70.1 Å². The average Bonchev–Trinajstić information content (AvgIpc) is 3.14. The van der Waals surface area contributed by atoms with Crippen molar-refractivity contribution < 1.29 is 28.4 Å². The van der Waals surface area contributed by atoms with Crippen LogP contribution < -0.4 is 10.1 Å². The number of oxazole rings is 1. The topological polar surface area (TPSA) is 134 Å². The van der Waals surface area contributed by atoms with Gasteiger partial charge in [-0.25, -0.2) is 9.78 Å². The number of hydrogen-bond donors (Lipinski definition) is 1. The Morgan fingerprint density at radius 2 is 1.93 bits per heavy atom. The number of aryl methyl sites for hydroxylation is 1. The highest BCUT2D eigenvalue weighted by Crippen LogP contribution is 2.28. The van der Waals surface area contributed by atoms with Gasteiger partial charge in [0.2, 0.25) is 5.89 Å². The summed E-state index contributed by atoms with van der Waals surface area (Å²) >= 11 is 0. The number of amides is 1. The Balaban J connectivity index is 1.66. The average molecular weight is 411 g/mol. The van der Waals surface area contributed by atoms with E-state index < -0.39 is 23.4 Å². The summed E-state index contributed by atoms with van der Waals surface area (Å²) < 4.78 is 15.6. The molecule has 10 heteroatoms. The maximum Gasteiger partial charge on any atom is 0.361 e. The minimum absolute atomic E-state index is 0.0467. The zero-order valence-electron chi connectivity index (χ0n) is 16.1. The summed E-state index contributed by atoms with van der Waals surface area (Å²) in [5.41, 5.74) is 0.497. The fourth-order valence-electron chi connectivity index (χ4n) is 2.58. The van der Waals surface area contributed by atoms with E-state index >= 15 is 0 Å². The van der Waals surface area contributed by atoms with Crippen LogP contribution in [0.2, 0.25) is 0 Å². The van der Waals surface area contributed by atoms with Crippen molar-refractivity contribution in [1.29, 1.82) is 0 Å². The number of benzene rings is 2. The van der Waals surface area contributed by atoms with Crippen molar-refractivity contribution in [1.82, 2.24) is 4.98 Å². The Kier molecular flexibility index (Phi) is 6.06. The molecule has 3 rings (SSSR count). The summed E-state index contributed by atoms with van der Waals surface area (Å²) in [5.74, 6) is -0.809. The van der Waals surface area contributed by atoms with Crippen LogP contribution in [0.25, 0.3) is 11.5 Å². The molecule has 0 saturated heterocycles. The lowest BCUT2D eigenvalue weighted by atomic mass is 10.2. The van der Waals surface area contributed by atoms with Gasteiger partial charge in [-0.15, -0.1) is 0 Å². The molecule has 30 heavy (non-hydrogen) atoms. The van der Waals surface area contributed by atoms with E-state index in [1.165, 1.54) is 19.2 Å². The third kappa shape index (κ3) is 4.61. The maximum atomic E-state index is 12.3. The van der Waals surface area contributed by atoms with E-state index in [0.717, 1.165) is 6.07 Å². The van der Waals surface area contributed by atoms with Crippen LogP contribution in [0, 0.1) is 17.0 Å². The number of carbonyl (C=O) groups is 2. The molecule has 2 aromatic carbocycles. The second-order valence-electron chi connectivity index (χ2n) is 6.06. The Bertz CT molecular complexity index is 1090. The monoisotopic (exact) mass is 411 g/mol. The highest BCUT2D eigenvalue weighted by molar-refractivity contribution is 5.96. The van der Waals surface area contributed by atoms with Crippen molar-refractivity contribution in [3.8, 4) is 17.2 Å². The van der Waals surface area contributed by atoms with E-state index in [4.69, 9.17) is 13.9 Å². The molecule has 1 aromatic heterocycles. The largest absolute Gasteiger partial charge is 0.495 e. The summed E-state index contributed by atoms with van der Waals surface area (Å²) in [6, 6.07) is 12.7. The van der Waals surface area contributed by atoms with Crippen LogP contribution in [0.5, 0.6) is 5.75 Å². The first-order chi connectivity index (χ1) is 14.4. The fraction of sp³-hybridized carbons (Fsp3) is 0.150. The van der Waals surface area contributed by atoms with Crippen LogP contribution in [0.3, 0.4) is 0 Å². The van der Waals surface area contributed by atoms with Crippen molar-refractivity contribution >= 4 is 23.3 Å². The van der Waals surface area contributed by atoms with Crippen LogP contribution in [0.4, 0.5) is 11.4 Å². The number of ether oxygens (including phenoxy) is 2. The number of carbonyl (C=O) groups excluding carboxylic acids is 2. The normalized spacial score (nSPS) is 10.3. The predicted molar refractivity (Wildman–Crippen MR) is 105 cm³/mol. The molecule has 0 radical (unpaired) electrons. The lowest BCUT2D eigenvalue weighted by Crippen LogP contribution is -2.21. The van der Waals surface area contributed by atoms with Crippen LogP contribution in [-0.4, -0.2) is 35.5 Å². The Hall–Kier alpha value is -4.21. The van der Waals surface area contributed by atoms with Gasteiger partial charge in [0.25, 0.3) is 11.6 Å². The number of hydrogen-bond acceptors (Lipinski definition) is 8. The molecule has 3 aromatic rings. The summed E-state index contributed by atoms with van der Waals surface area (Å²) in [5, 5.41) is 13.3. The molecule has 1 amide bonds. The summed E-state index contributed by atoms with van der Waals surface area (Å²) in [6.07, 6.45) is 0. The lowest BCUT2D eigenvalue weighted by Gasteiger charge is -2.10. The van der Waals surface area contributed by atoms with Crippen molar-refractivity contribution in [2.24, 2.45) is 0 Å². The Morgan fingerprint density at radius 3 is 2.60 bits per heavy atom. The molecule has 0 atom stereocenters. The fourth-order valence-corrected chi connectivity index (χ4v) is 2.58. The first-order valence-corrected chi connectivity index (χ1v) is 8.71. The Labute approximate surface area is 170 Å². The number of anilines is 1. The van der Waals surface area contributed by atoms with Gasteiger partial charge >= 0.3 is 5.97 Å². The quantitative estimate of drug-likeness (QED) is 0.355. The SMILES string of the molecule is COc1ccc([N+](=O)[O-])cc1NC(=O)COC(=O)c1nc(-c2ccccc2)oc1C. The van der Waals surface area contributed by atoms with Gasteiger partial charge < -0.3 is 19.2 Å². The second-order valence-corrected chi connectivity index (χ2v) is 6.06. The second kappa shape index (κ2) is 8.86. The molecule has 10 nitrogen and oxygen atoms in total. The van der Waals surface area contributed by atoms with Gasteiger partial charge in [0.05, 0.1) is 17.7 Å². The number of aromatic nitrogens is 1. The van der Waals surface area contributed by atoms with E-state index in [0.29, 0.717) is 5.56 Å². The molecule has 0 bridgehead atoms. The number of non-ortho nitro benzene ring substituents is 1. The smallest absolute Gasteiger partial charge is 0.361 e. The van der Waals surface area contributed by atoms with Gasteiger partial charge in [0, 0.05) is 17.7 Å². The van der Waals surface area contributed by atoms with E-state index in [1.807, 2.05) is 6.07 Å². The first kappa shape index (κ1) is 20.5. The number of nitrogens with zero attached hydrogens (tertiary/aromatic N) is 2. The van der Waals surface area contributed by atoms with E-state index in [2.05, 4.69) is 10.3 Å². The van der Waals surface area contributed by atoms with Gasteiger partial charge in [-0.1, -0.05) is 18.2 Å². The van der Waals surface area contributed by atoms with E-state index in [1.54, 1.807) is 31.2 Å². The minimum atomic E-state index is -0.834. The zero-order valence-corrected chi connectivity index (χ0v) is 16.1. The molecule has 0 spiro atoms. The lowest BCUT2D eigenvalue weighted by molar-refractivity contribution is -0.384. The molecule has 0 unspecified atom stereocenters. The number of nitro groups is 1. The van der Waals surface area contributed by atoms with E-state index in [-0.39, 0.29) is 34.5 Å². The van der Waals surface area contributed by atoms with Crippen LogP contribution in [0.15, 0.2) is 52.9 Å². The van der Waals surface area contributed by atoms with Gasteiger partial charge in [-0.2, -0.15) is 0 Å². The van der Waals surface area contributed by atoms with Crippen molar-refractivity contribution in [3.63, 3.8) is 0 Å². The number of rotatable bonds is 7. The number of esters is 1. The van der Waals surface area contributed by atoms with Crippen LogP contribution >= 0.6 is 0 Å². The van der Waals surface area contributed by atoms with Crippen LogP contribution in [-0.2, 0) is 9.53 Å². The number of nitrogens with one attached hydrogen (secondary N) is 1. The van der Waals surface area contributed by atoms with Gasteiger partial charge in [0.1, 0.15) is 11.5 Å². The van der Waals surface area contributed by atoms with Crippen molar-refractivity contribution in [2.75, 3.05) is 19.0 Å². The molecule has 0 fully saturated rings. The number of methoxy groups -OCH3 is 1. The first-order valence-electron chi connectivity index (χ1n) is 8.71. The highest BCUT2D eigenvalue weighted by Gasteiger charge is 2.21. The van der Waals surface area contributed by atoms with Crippen molar-refractivity contribution in [2.45, 2.75) is 6.92 Å². The molecule has 154 valence electrons. The maximum absolute atomic E-state index is 12.3. The molecule has 1 heterocycles.